The lowest BCUT2D eigenvalue weighted by Crippen LogP contribution is -2.35. The molecule has 17 heavy (non-hydrogen) atoms. The summed E-state index contributed by atoms with van der Waals surface area (Å²) < 4.78 is 12.8. The molecule has 1 aromatic carbocycles. The van der Waals surface area contributed by atoms with Crippen molar-refractivity contribution >= 4 is 12.6 Å². The van der Waals surface area contributed by atoms with E-state index in [4.69, 9.17) is 0 Å². The number of thiol groups is 1. The van der Waals surface area contributed by atoms with Gasteiger partial charge in [0.25, 0.3) is 0 Å². The van der Waals surface area contributed by atoms with Gasteiger partial charge in [-0.1, -0.05) is 12.1 Å². The summed E-state index contributed by atoms with van der Waals surface area (Å²) in [6.45, 7) is 3.48. The molecule has 0 unspecified atom stereocenters. The third-order valence-corrected chi connectivity index (χ3v) is 3.76. The van der Waals surface area contributed by atoms with E-state index >= 15 is 0 Å². The lowest BCUT2D eigenvalue weighted by Gasteiger charge is -2.31. The molecule has 1 aliphatic rings. The molecule has 1 aromatic rings. The number of hydrogen-bond donors (Lipinski definition) is 1. The summed E-state index contributed by atoms with van der Waals surface area (Å²) in [4.78, 5) is 2.48. The zero-order valence-corrected chi connectivity index (χ0v) is 11.0. The van der Waals surface area contributed by atoms with Gasteiger partial charge in [0.1, 0.15) is 5.82 Å². The standard InChI is InChI=1S/C14H20FNS/c15-14-3-1-12(2-4-14)11-13-5-7-16(8-6-13)9-10-17/h1-4,13,17H,5-11H2. The van der Waals surface area contributed by atoms with E-state index in [1.807, 2.05) is 12.1 Å². The first-order valence-corrected chi connectivity index (χ1v) is 6.99. The van der Waals surface area contributed by atoms with Crippen LogP contribution in [0.4, 0.5) is 4.39 Å². The first-order valence-electron chi connectivity index (χ1n) is 6.35. The van der Waals surface area contributed by atoms with E-state index in [2.05, 4.69) is 17.5 Å². The fraction of sp³-hybridized carbons (Fsp3) is 0.571. The van der Waals surface area contributed by atoms with Gasteiger partial charge in [0.2, 0.25) is 0 Å². The van der Waals surface area contributed by atoms with E-state index in [1.165, 1.54) is 31.5 Å². The Labute approximate surface area is 108 Å². The van der Waals surface area contributed by atoms with Gasteiger partial charge in [-0.15, -0.1) is 0 Å². The van der Waals surface area contributed by atoms with Crippen LogP contribution in [0, 0.1) is 11.7 Å². The molecule has 0 bridgehead atoms. The maximum absolute atomic E-state index is 12.8. The van der Waals surface area contributed by atoms with Crippen LogP contribution in [0.25, 0.3) is 0 Å². The Morgan fingerprint density at radius 3 is 2.41 bits per heavy atom. The van der Waals surface area contributed by atoms with Gasteiger partial charge >= 0.3 is 0 Å². The molecule has 1 saturated heterocycles. The first kappa shape index (κ1) is 12.9. The van der Waals surface area contributed by atoms with Crippen LogP contribution in [0.5, 0.6) is 0 Å². The molecule has 0 atom stereocenters. The highest BCUT2D eigenvalue weighted by molar-refractivity contribution is 7.80. The minimum Gasteiger partial charge on any atom is -0.303 e. The molecule has 3 heteroatoms. The fourth-order valence-corrected chi connectivity index (χ4v) is 2.79. The van der Waals surface area contributed by atoms with E-state index in [-0.39, 0.29) is 5.82 Å². The Bertz CT molecular complexity index is 331. The van der Waals surface area contributed by atoms with Crippen molar-refractivity contribution in [3.05, 3.63) is 35.6 Å². The van der Waals surface area contributed by atoms with Crippen molar-refractivity contribution in [1.82, 2.24) is 4.90 Å². The normalized spacial score (nSPS) is 18.5. The molecule has 1 fully saturated rings. The molecule has 1 heterocycles. The van der Waals surface area contributed by atoms with Gasteiger partial charge in [0.05, 0.1) is 0 Å². The van der Waals surface area contributed by atoms with Gasteiger partial charge in [-0.2, -0.15) is 12.6 Å². The molecule has 0 aliphatic carbocycles. The van der Waals surface area contributed by atoms with Gasteiger partial charge in [-0.25, -0.2) is 4.39 Å². The van der Waals surface area contributed by atoms with E-state index in [9.17, 15) is 4.39 Å². The van der Waals surface area contributed by atoms with Crippen LogP contribution in [0.1, 0.15) is 18.4 Å². The fourth-order valence-electron chi connectivity index (χ4n) is 2.51. The van der Waals surface area contributed by atoms with Gasteiger partial charge < -0.3 is 4.90 Å². The van der Waals surface area contributed by atoms with Crippen LogP contribution in [-0.4, -0.2) is 30.3 Å². The molecule has 0 amide bonds. The summed E-state index contributed by atoms with van der Waals surface area (Å²) in [6.07, 6.45) is 3.60. The number of benzene rings is 1. The topological polar surface area (TPSA) is 3.24 Å². The third-order valence-electron chi connectivity index (χ3n) is 3.56. The van der Waals surface area contributed by atoms with Crippen LogP contribution in [0.2, 0.25) is 0 Å². The molecule has 94 valence electrons. The Balaban J connectivity index is 1.79. The monoisotopic (exact) mass is 253 g/mol. The molecule has 0 aromatic heterocycles. The number of nitrogens with zero attached hydrogens (tertiary/aromatic N) is 1. The molecule has 2 rings (SSSR count). The predicted molar refractivity (Wildman–Crippen MR) is 73.1 cm³/mol. The predicted octanol–water partition coefficient (Wildman–Crippen LogP) is 3.01. The quantitative estimate of drug-likeness (QED) is 0.807. The van der Waals surface area contributed by atoms with E-state index in [0.29, 0.717) is 0 Å². The van der Waals surface area contributed by atoms with E-state index < -0.39 is 0 Å². The summed E-state index contributed by atoms with van der Waals surface area (Å²) in [6, 6.07) is 6.95. The molecular formula is C14H20FNS. The van der Waals surface area contributed by atoms with Crippen molar-refractivity contribution in [3.63, 3.8) is 0 Å². The van der Waals surface area contributed by atoms with E-state index in [0.717, 1.165) is 24.6 Å². The SMILES string of the molecule is Fc1ccc(CC2CCN(CCS)CC2)cc1. The van der Waals surface area contributed by atoms with Crippen molar-refractivity contribution in [2.45, 2.75) is 19.3 Å². The Morgan fingerprint density at radius 1 is 1.18 bits per heavy atom. The Hall–Kier alpha value is -0.540. The zero-order chi connectivity index (χ0) is 12.1. The first-order chi connectivity index (χ1) is 8.28. The highest BCUT2D eigenvalue weighted by atomic mass is 32.1. The summed E-state index contributed by atoms with van der Waals surface area (Å²) in [5, 5.41) is 0. The molecule has 0 N–H and O–H groups in total. The maximum atomic E-state index is 12.8. The molecule has 0 spiro atoms. The highest BCUT2D eigenvalue weighted by Crippen LogP contribution is 2.21. The van der Waals surface area contributed by atoms with Crippen molar-refractivity contribution < 1.29 is 4.39 Å². The Kier molecular flexibility index (Phi) is 4.86. The van der Waals surface area contributed by atoms with Gasteiger partial charge in [-0.05, 0) is 56.0 Å². The zero-order valence-electron chi connectivity index (χ0n) is 10.1. The van der Waals surface area contributed by atoms with Crippen LogP contribution in [-0.2, 0) is 6.42 Å². The summed E-state index contributed by atoms with van der Waals surface area (Å²) in [5.74, 6) is 1.57. The maximum Gasteiger partial charge on any atom is 0.123 e. The Morgan fingerprint density at radius 2 is 1.82 bits per heavy atom. The molecule has 0 radical (unpaired) electrons. The molecule has 0 saturated carbocycles. The summed E-state index contributed by atoms with van der Waals surface area (Å²) in [7, 11) is 0. The van der Waals surface area contributed by atoms with Gasteiger partial charge in [0.15, 0.2) is 0 Å². The third kappa shape index (κ3) is 4.00. The van der Waals surface area contributed by atoms with Crippen molar-refractivity contribution in [3.8, 4) is 0 Å². The molecule has 1 nitrogen and oxygen atoms in total. The second kappa shape index (κ2) is 6.41. The molecule has 1 aliphatic heterocycles. The van der Waals surface area contributed by atoms with E-state index in [1.54, 1.807) is 12.1 Å². The number of piperidine rings is 1. The van der Waals surface area contributed by atoms with Crippen LogP contribution < -0.4 is 0 Å². The summed E-state index contributed by atoms with van der Waals surface area (Å²) >= 11 is 4.27. The average molecular weight is 253 g/mol. The minimum absolute atomic E-state index is 0.141. The van der Waals surface area contributed by atoms with Crippen LogP contribution >= 0.6 is 12.6 Å². The lowest BCUT2D eigenvalue weighted by molar-refractivity contribution is 0.193. The highest BCUT2D eigenvalue weighted by Gasteiger charge is 2.18. The van der Waals surface area contributed by atoms with Crippen molar-refractivity contribution in [1.29, 1.82) is 0 Å². The van der Waals surface area contributed by atoms with Gasteiger partial charge in [0, 0.05) is 12.3 Å². The lowest BCUT2D eigenvalue weighted by atomic mass is 9.90. The minimum atomic E-state index is -0.141. The van der Waals surface area contributed by atoms with Crippen LogP contribution in [0.3, 0.4) is 0 Å². The number of hydrogen-bond acceptors (Lipinski definition) is 2. The smallest absolute Gasteiger partial charge is 0.123 e. The average Bonchev–Trinajstić information content (AvgIpc) is 2.35. The molecular weight excluding hydrogens is 233 g/mol. The van der Waals surface area contributed by atoms with Gasteiger partial charge in [-0.3, -0.25) is 0 Å². The van der Waals surface area contributed by atoms with Crippen molar-refractivity contribution in [2.75, 3.05) is 25.4 Å². The van der Waals surface area contributed by atoms with Crippen molar-refractivity contribution in [2.24, 2.45) is 5.92 Å². The number of rotatable bonds is 4. The number of halogens is 1. The summed E-state index contributed by atoms with van der Waals surface area (Å²) in [5.41, 5.74) is 1.26. The number of likely N-dealkylation sites (tertiary alicyclic amines) is 1. The largest absolute Gasteiger partial charge is 0.303 e. The second-order valence-electron chi connectivity index (χ2n) is 4.84. The second-order valence-corrected chi connectivity index (χ2v) is 5.29. The van der Waals surface area contributed by atoms with Crippen LogP contribution in [0.15, 0.2) is 24.3 Å².